The van der Waals surface area contributed by atoms with E-state index < -0.39 is 0 Å². The number of rotatable bonds is 1. The highest BCUT2D eigenvalue weighted by Crippen LogP contribution is 2.00. The highest BCUT2D eigenvalue weighted by molar-refractivity contribution is 6.16. The predicted molar refractivity (Wildman–Crippen MR) is 29.8 cm³/mol. The molecule has 1 aromatic heterocycles. The molecule has 0 aliphatic heterocycles. The largest absolute Gasteiger partial charge is 0.359 e. The van der Waals surface area contributed by atoms with E-state index in [1.165, 1.54) is 0 Å². The molecule has 4 nitrogen and oxygen atoms in total. The first-order chi connectivity index (χ1) is 4.25. The molecule has 0 unspecified atom stereocenters. The molecule has 0 bridgehead atoms. The molecular formula is C4H5ClN2O2. The van der Waals surface area contributed by atoms with Crippen molar-refractivity contribution in [2.24, 2.45) is 0 Å². The molecule has 1 heterocycles. The maximum absolute atomic E-state index is 10.5. The fraction of sp³-hybridized carbons (Fsp3) is 0.500. The molecule has 0 aliphatic carbocycles. The second-order valence-electron chi connectivity index (χ2n) is 1.60. The second-order valence-corrected chi connectivity index (χ2v) is 1.86. The maximum Gasteiger partial charge on any atom is 0.219 e. The normalized spacial score (nSPS) is 10.0. The van der Waals surface area contributed by atoms with Crippen LogP contribution in [0, 0.1) is 12.1 Å². The summed E-state index contributed by atoms with van der Waals surface area (Å²) in [5.74, 6) is 0.138. The molecule has 0 fully saturated rings. The molecule has 0 aromatic carbocycles. The van der Waals surface area contributed by atoms with Gasteiger partial charge in [0, 0.05) is 12.1 Å². The van der Waals surface area contributed by atoms with Crippen molar-refractivity contribution in [3.63, 3.8) is 0 Å². The number of nitrogens with zero attached hydrogens (tertiary/aromatic N) is 2. The lowest BCUT2D eigenvalue weighted by atomic mass is 10.4. The minimum Gasteiger partial charge on any atom is -0.359 e. The third-order valence-corrected chi connectivity index (χ3v) is 1.27. The number of hydrogen-bond acceptors (Lipinski definition) is 3. The van der Waals surface area contributed by atoms with Crippen LogP contribution in [0.5, 0.6) is 0 Å². The van der Waals surface area contributed by atoms with Crippen molar-refractivity contribution < 1.29 is 9.53 Å². The van der Waals surface area contributed by atoms with E-state index in [0.29, 0.717) is 16.3 Å². The van der Waals surface area contributed by atoms with Gasteiger partial charge < -0.3 is 5.21 Å². The summed E-state index contributed by atoms with van der Waals surface area (Å²) >= 11 is 5.36. The molecule has 0 aliphatic rings. The van der Waals surface area contributed by atoms with Crippen LogP contribution in [0.15, 0.2) is 4.63 Å². The zero-order valence-electron chi connectivity index (χ0n) is 4.80. The number of alkyl halides is 1. The minimum absolute atomic E-state index is 0.138. The van der Waals surface area contributed by atoms with Gasteiger partial charge in [0.2, 0.25) is 11.4 Å². The maximum atomic E-state index is 10.5. The van der Waals surface area contributed by atoms with E-state index in [-0.39, 0.29) is 5.88 Å². The number of aromatic nitrogens is 2. The van der Waals surface area contributed by atoms with Crippen LogP contribution in [0.4, 0.5) is 0 Å². The first-order valence-electron chi connectivity index (χ1n) is 2.37. The van der Waals surface area contributed by atoms with Gasteiger partial charge in [-0.05, 0) is 4.90 Å². The quantitative estimate of drug-likeness (QED) is 0.427. The standard InChI is InChI=1S/C4H5ClN2O2/c1-3-4(2-5)7(8)9-6-3/h2H2,1H3. The van der Waals surface area contributed by atoms with Crippen molar-refractivity contribution in [3.8, 4) is 0 Å². The average molecular weight is 149 g/mol. The highest BCUT2D eigenvalue weighted by atomic mass is 35.5. The molecule has 0 saturated carbocycles. The van der Waals surface area contributed by atoms with Gasteiger partial charge in [-0.1, -0.05) is 0 Å². The van der Waals surface area contributed by atoms with Crippen LogP contribution in [-0.4, -0.2) is 5.16 Å². The Balaban J connectivity index is 3.07. The van der Waals surface area contributed by atoms with Gasteiger partial charge >= 0.3 is 0 Å². The Bertz CT molecular complexity index is 191. The third-order valence-electron chi connectivity index (χ3n) is 1.02. The molecule has 0 spiro atoms. The van der Waals surface area contributed by atoms with Crippen molar-refractivity contribution in [2.75, 3.05) is 0 Å². The molecule has 0 atom stereocenters. The van der Waals surface area contributed by atoms with Gasteiger partial charge in [-0.2, -0.15) is 0 Å². The number of halogens is 1. The lowest BCUT2D eigenvalue weighted by Gasteiger charge is -1.86. The zero-order valence-corrected chi connectivity index (χ0v) is 5.55. The molecule has 0 N–H and O–H groups in total. The molecule has 1 aromatic rings. The molecule has 1 rings (SSSR count). The Labute approximate surface area is 56.6 Å². The van der Waals surface area contributed by atoms with E-state index in [9.17, 15) is 5.21 Å². The average Bonchev–Trinajstić information content (AvgIpc) is 2.12. The van der Waals surface area contributed by atoms with Crippen molar-refractivity contribution in [1.82, 2.24) is 5.16 Å². The summed E-state index contributed by atoms with van der Waals surface area (Å²) in [5.41, 5.74) is 0.914. The zero-order chi connectivity index (χ0) is 6.85. The Morgan fingerprint density at radius 3 is 2.78 bits per heavy atom. The third kappa shape index (κ3) is 0.977. The van der Waals surface area contributed by atoms with E-state index >= 15 is 0 Å². The Kier molecular flexibility index (Phi) is 1.57. The van der Waals surface area contributed by atoms with E-state index in [4.69, 9.17) is 11.6 Å². The van der Waals surface area contributed by atoms with E-state index in [1.807, 2.05) is 0 Å². The summed E-state index contributed by atoms with van der Waals surface area (Å²) in [7, 11) is 0. The van der Waals surface area contributed by atoms with Crippen LogP contribution in [-0.2, 0) is 5.88 Å². The summed E-state index contributed by atoms with van der Waals surface area (Å²) < 4.78 is 4.21. The first kappa shape index (κ1) is 6.35. The van der Waals surface area contributed by atoms with Gasteiger partial charge in [-0.25, -0.2) is 0 Å². The molecule has 50 valence electrons. The van der Waals surface area contributed by atoms with Crippen molar-refractivity contribution in [3.05, 3.63) is 16.6 Å². The van der Waals surface area contributed by atoms with Crippen molar-refractivity contribution in [2.45, 2.75) is 12.8 Å². The lowest BCUT2D eigenvalue weighted by Crippen LogP contribution is -2.27. The van der Waals surface area contributed by atoms with Gasteiger partial charge in [0.05, 0.1) is 5.88 Å². The van der Waals surface area contributed by atoms with Crippen LogP contribution >= 0.6 is 11.6 Å². The summed E-state index contributed by atoms with van der Waals surface area (Å²) in [6.07, 6.45) is 0. The minimum atomic E-state index is 0.138. The first-order valence-corrected chi connectivity index (χ1v) is 2.90. The molecule has 0 amide bonds. The molecule has 0 radical (unpaired) electrons. The fourth-order valence-corrected chi connectivity index (χ4v) is 0.769. The Morgan fingerprint density at radius 2 is 2.56 bits per heavy atom. The van der Waals surface area contributed by atoms with E-state index in [1.54, 1.807) is 6.92 Å². The van der Waals surface area contributed by atoms with Crippen LogP contribution < -0.4 is 4.90 Å². The summed E-state index contributed by atoms with van der Waals surface area (Å²) in [6.45, 7) is 1.66. The Hall–Kier alpha value is -0.770. The van der Waals surface area contributed by atoms with Gasteiger partial charge in [-0.3, -0.25) is 4.63 Å². The van der Waals surface area contributed by atoms with Gasteiger partial charge in [0.25, 0.3) is 0 Å². The van der Waals surface area contributed by atoms with Crippen LogP contribution in [0.25, 0.3) is 0 Å². The summed E-state index contributed by atoms with van der Waals surface area (Å²) in [4.78, 5) is 0.308. The van der Waals surface area contributed by atoms with E-state index in [0.717, 1.165) is 0 Å². The molecular weight excluding hydrogens is 144 g/mol. The Morgan fingerprint density at radius 1 is 1.89 bits per heavy atom. The lowest BCUT2D eigenvalue weighted by molar-refractivity contribution is -0.807. The van der Waals surface area contributed by atoms with E-state index in [2.05, 4.69) is 9.79 Å². The molecule has 0 saturated heterocycles. The topological polar surface area (TPSA) is 53.0 Å². The molecule has 5 heteroatoms. The number of aryl methyl sites for hydroxylation is 1. The molecule has 9 heavy (non-hydrogen) atoms. The monoisotopic (exact) mass is 148 g/mol. The van der Waals surface area contributed by atoms with Gasteiger partial charge in [-0.15, -0.1) is 11.6 Å². The second kappa shape index (κ2) is 2.23. The smallest absolute Gasteiger partial charge is 0.219 e. The highest BCUT2D eigenvalue weighted by Gasteiger charge is 2.11. The summed E-state index contributed by atoms with van der Waals surface area (Å²) in [5, 5.41) is 13.9. The van der Waals surface area contributed by atoms with Crippen LogP contribution in [0.2, 0.25) is 0 Å². The summed E-state index contributed by atoms with van der Waals surface area (Å²) in [6, 6.07) is 0. The van der Waals surface area contributed by atoms with Crippen LogP contribution in [0.1, 0.15) is 11.4 Å². The predicted octanol–water partition coefficient (Wildman–Crippen LogP) is 0.355. The SMILES string of the molecule is Cc1no[n+]([O-])c1CCl. The van der Waals surface area contributed by atoms with Crippen LogP contribution in [0.3, 0.4) is 0 Å². The van der Waals surface area contributed by atoms with Gasteiger partial charge in [0.1, 0.15) is 0 Å². The fourth-order valence-electron chi connectivity index (χ4n) is 0.478. The van der Waals surface area contributed by atoms with Gasteiger partial charge in [0.15, 0.2) is 0 Å². The number of hydrogen-bond donors (Lipinski definition) is 0. The van der Waals surface area contributed by atoms with Crippen molar-refractivity contribution in [1.29, 1.82) is 0 Å². The van der Waals surface area contributed by atoms with Crippen molar-refractivity contribution >= 4 is 11.6 Å².